The highest BCUT2D eigenvalue weighted by Crippen LogP contribution is 2.17. The molecule has 1 fully saturated rings. The zero-order chi connectivity index (χ0) is 22.8. The van der Waals surface area contributed by atoms with E-state index in [1.807, 2.05) is 0 Å². The van der Waals surface area contributed by atoms with E-state index in [-0.39, 0.29) is 13.2 Å². The summed E-state index contributed by atoms with van der Waals surface area (Å²) < 4.78 is 9.65. The van der Waals surface area contributed by atoms with Gasteiger partial charge in [0.25, 0.3) is 0 Å². The Balaban J connectivity index is 0.000000867. The van der Waals surface area contributed by atoms with Gasteiger partial charge in [-0.15, -0.1) is 0 Å². The molecule has 0 amide bonds. The van der Waals surface area contributed by atoms with Crippen LogP contribution in [-0.2, 0) is 19.1 Å². The number of rotatable bonds is 13. The van der Waals surface area contributed by atoms with Gasteiger partial charge in [-0.2, -0.15) is 0 Å². The summed E-state index contributed by atoms with van der Waals surface area (Å²) in [5.74, 6) is -1.99. The molecule has 1 aliphatic carbocycles. The zero-order valence-electron chi connectivity index (χ0n) is 18.6. The molecule has 30 heavy (non-hydrogen) atoms. The van der Waals surface area contributed by atoms with Crippen molar-refractivity contribution >= 4 is 11.9 Å². The molecule has 0 aliphatic heterocycles. The lowest BCUT2D eigenvalue weighted by atomic mass is 9.95. The highest BCUT2D eigenvalue weighted by Gasteiger charge is 2.32. The molecule has 0 radical (unpaired) electrons. The monoisotopic (exact) mass is 434 g/mol. The van der Waals surface area contributed by atoms with Crippen molar-refractivity contribution in [3.8, 4) is 0 Å². The Morgan fingerprint density at radius 2 is 1.10 bits per heavy atom. The topological polar surface area (TPSA) is 134 Å². The van der Waals surface area contributed by atoms with Gasteiger partial charge in [0, 0.05) is 0 Å². The van der Waals surface area contributed by atoms with E-state index in [0.717, 1.165) is 64.2 Å². The molecule has 1 rings (SSSR count). The van der Waals surface area contributed by atoms with E-state index in [1.165, 1.54) is 0 Å². The molecule has 8 nitrogen and oxygen atoms in total. The molecule has 4 N–H and O–H groups in total. The maximum absolute atomic E-state index is 11.5. The first-order chi connectivity index (χ1) is 14.3. The van der Waals surface area contributed by atoms with Crippen LogP contribution in [0.15, 0.2) is 0 Å². The molecule has 8 heteroatoms. The van der Waals surface area contributed by atoms with E-state index in [4.69, 9.17) is 19.7 Å². The minimum absolute atomic E-state index is 0.175. The van der Waals surface area contributed by atoms with Crippen LogP contribution in [0.4, 0.5) is 0 Å². The summed E-state index contributed by atoms with van der Waals surface area (Å²) in [6, 6.07) is 0. The minimum atomic E-state index is -1.89. The third-order valence-corrected chi connectivity index (χ3v) is 4.96. The fourth-order valence-electron chi connectivity index (χ4n) is 2.92. The second-order valence-electron chi connectivity index (χ2n) is 7.77. The van der Waals surface area contributed by atoms with Gasteiger partial charge in [-0.05, 0) is 25.7 Å². The summed E-state index contributed by atoms with van der Waals surface area (Å²) in [6.07, 6.45) is 6.52. The number of carbonyl (C=O) groups is 2. The fraction of sp³-hybridized carbons (Fsp3) is 0.909. The second-order valence-corrected chi connectivity index (χ2v) is 7.77. The lowest BCUT2D eigenvalue weighted by Gasteiger charge is -2.22. The highest BCUT2D eigenvalue weighted by molar-refractivity contribution is 5.85. The Morgan fingerprint density at radius 1 is 0.733 bits per heavy atom. The van der Waals surface area contributed by atoms with Crippen molar-refractivity contribution in [1.82, 2.24) is 0 Å². The quantitative estimate of drug-likeness (QED) is 0.256. The van der Waals surface area contributed by atoms with Crippen molar-refractivity contribution in [2.24, 2.45) is 0 Å². The Bertz CT molecular complexity index is 403. The normalized spacial score (nSPS) is 20.5. The summed E-state index contributed by atoms with van der Waals surface area (Å²) in [6.45, 7) is 4.49. The van der Waals surface area contributed by atoms with Crippen molar-refractivity contribution < 1.29 is 39.5 Å². The molecular formula is C22H42O8. The van der Waals surface area contributed by atoms with Gasteiger partial charge in [-0.1, -0.05) is 65.2 Å². The van der Waals surface area contributed by atoms with Crippen molar-refractivity contribution in [3.63, 3.8) is 0 Å². The number of hydrogen-bond donors (Lipinski definition) is 4. The molecule has 1 saturated carbocycles. The Morgan fingerprint density at radius 3 is 1.40 bits per heavy atom. The number of carbonyl (C=O) groups excluding carboxylic acids is 2. The van der Waals surface area contributed by atoms with Gasteiger partial charge in [0.2, 0.25) is 0 Å². The number of aliphatic hydroxyl groups excluding tert-OH is 4. The van der Waals surface area contributed by atoms with E-state index >= 15 is 0 Å². The fourth-order valence-corrected chi connectivity index (χ4v) is 2.92. The molecule has 4 unspecified atom stereocenters. The number of aliphatic hydroxyl groups is 4. The molecule has 0 heterocycles. The van der Waals surface area contributed by atoms with Crippen LogP contribution in [0, 0.1) is 0 Å². The molecule has 0 spiro atoms. The molecule has 0 saturated heterocycles. The van der Waals surface area contributed by atoms with Crippen molar-refractivity contribution in [2.45, 2.75) is 115 Å². The lowest BCUT2D eigenvalue weighted by molar-refractivity contribution is -0.173. The number of unbranched alkanes of at least 4 members (excludes halogenated alkanes) is 6. The Labute approximate surface area is 180 Å². The van der Waals surface area contributed by atoms with Crippen LogP contribution in [0.5, 0.6) is 0 Å². The summed E-state index contributed by atoms with van der Waals surface area (Å²) in [7, 11) is 0. The largest absolute Gasteiger partial charge is 0.464 e. The number of hydrogen-bond acceptors (Lipinski definition) is 8. The van der Waals surface area contributed by atoms with E-state index < -0.39 is 36.4 Å². The lowest BCUT2D eigenvalue weighted by Crippen LogP contribution is -2.41. The molecule has 0 aromatic heterocycles. The third kappa shape index (κ3) is 13.9. The van der Waals surface area contributed by atoms with E-state index in [2.05, 4.69) is 13.8 Å². The molecule has 4 atom stereocenters. The molecule has 178 valence electrons. The Kier molecular flexibility index (Phi) is 17.8. The van der Waals surface area contributed by atoms with Crippen LogP contribution in [0.25, 0.3) is 0 Å². The summed E-state index contributed by atoms with van der Waals surface area (Å²) >= 11 is 0. The van der Waals surface area contributed by atoms with Crippen molar-refractivity contribution in [3.05, 3.63) is 0 Å². The van der Waals surface area contributed by atoms with Crippen LogP contribution >= 0.6 is 0 Å². The smallest absolute Gasteiger partial charge is 0.338 e. The van der Waals surface area contributed by atoms with Crippen LogP contribution in [0.2, 0.25) is 0 Å². The zero-order valence-corrected chi connectivity index (χ0v) is 18.6. The van der Waals surface area contributed by atoms with Gasteiger partial charge < -0.3 is 29.9 Å². The first kappa shape index (κ1) is 28.8. The predicted molar refractivity (Wildman–Crippen MR) is 113 cm³/mol. The van der Waals surface area contributed by atoms with Gasteiger partial charge >= 0.3 is 11.9 Å². The summed E-state index contributed by atoms with van der Waals surface area (Å²) in [5.41, 5.74) is 0. The first-order valence-electron chi connectivity index (χ1n) is 11.4. The van der Waals surface area contributed by atoms with Crippen molar-refractivity contribution in [2.75, 3.05) is 13.2 Å². The third-order valence-electron chi connectivity index (χ3n) is 4.96. The SMILES string of the molecule is CCCCCCOC(=O)C(O)C(O)C(=O)OCCCCCC.OC1CCCCC1O. The molecule has 0 bridgehead atoms. The van der Waals surface area contributed by atoms with E-state index in [0.29, 0.717) is 12.8 Å². The van der Waals surface area contributed by atoms with E-state index in [9.17, 15) is 19.8 Å². The van der Waals surface area contributed by atoms with Gasteiger partial charge in [0.05, 0.1) is 25.4 Å². The summed E-state index contributed by atoms with van der Waals surface area (Å²) in [4.78, 5) is 23.0. The molecule has 0 aromatic rings. The van der Waals surface area contributed by atoms with Gasteiger partial charge in [0.1, 0.15) is 0 Å². The van der Waals surface area contributed by atoms with Crippen molar-refractivity contribution in [1.29, 1.82) is 0 Å². The maximum atomic E-state index is 11.5. The maximum Gasteiger partial charge on any atom is 0.338 e. The number of ether oxygens (including phenoxy) is 2. The van der Waals surface area contributed by atoms with E-state index in [1.54, 1.807) is 0 Å². The van der Waals surface area contributed by atoms with Gasteiger partial charge in [0.15, 0.2) is 12.2 Å². The van der Waals surface area contributed by atoms with Crippen LogP contribution in [0.3, 0.4) is 0 Å². The minimum Gasteiger partial charge on any atom is -0.464 e. The van der Waals surface area contributed by atoms with Crippen LogP contribution in [-0.4, -0.2) is 70.0 Å². The highest BCUT2D eigenvalue weighted by atomic mass is 16.6. The summed E-state index contributed by atoms with van der Waals surface area (Å²) in [5, 5.41) is 37.0. The number of esters is 2. The molecule has 0 aromatic carbocycles. The Hall–Kier alpha value is -1.22. The standard InChI is InChI=1S/C16H30O6.C6H12O2/c1-3-5-7-9-11-21-15(19)13(17)14(18)16(20)22-12-10-8-6-4-2;7-5-3-1-2-4-6(5)8/h13-14,17-18H,3-12H2,1-2H3;5-8H,1-4H2. The molecule has 1 aliphatic rings. The average molecular weight is 435 g/mol. The predicted octanol–water partition coefficient (Wildman–Crippen LogP) is 2.24. The van der Waals surface area contributed by atoms with Crippen LogP contribution in [0.1, 0.15) is 90.9 Å². The van der Waals surface area contributed by atoms with Gasteiger partial charge in [-0.25, -0.2) is 9.59 Å². The van der Waals surface area contributed by atoms with Gasteiger partial charge in [-0.3, -0.25) is 0 Å². The average Bonchev–Trinajstić information content (AvgIpc) is 2.74. The first-order valence-corrected chi connectivity index (χ1v) is 11.4. The second kappa shape index (κ2) is 18.5. The molecular weight excluding hydrogens is 392 g/mol. The van der Waals surface area contributed by atoms with Crippen LogP contribution < -0.4 is 0 Å².